The predicted molar refractivity (Wildman–Crippen MR) is 104 cm³/mol. The topological polar surface area (TPSA) is 65.4 Å². The molecule has 1 aromatic heterocycles. The van der Waals surface area contributed by atoms with E-state index in [1.807, 2.05) is 49.4 Å². The van der Waals surface area contributed by atoms with Crippen molar-refractivity contribution in [3.8, 4) is 11.5 Å². The summed E-state index contributed by atoms with van der Waals surface area (Å²) in [6, 6.07) is 13.2. The summed E-state index contributed by atoms with van der Waals surface area (Å²) in [5.41, 5.74) is 4.13. The molecule has 1 atom stereocenters. The Morgan fingerprint density at radius 2 is 1.93 bits per heavy atom. The second-order valence-corrected chi connectivity index (χ2v) is 6.52. The maximum absolute atomic E-state index is 12.6. The Bertz CT molecular complexity index is 1080. The summed E-state index contributed by atoms with van der Waals surface area (Å²) in [6.07, 6.45) is 0. The normalized spacial score (nSPS) is 16.1. The first-order valence-corrected chi connectivity index (χ1v) is 8.72. The van der Waals surface area contributed by atoms with Gasteiger partial charge in [-0.05, 0) is 44.2 Å². The van der Waals surface area contributed by atoms with Crippen LogP contribution in [-0.4, -0.2) is 29.6 Å². The number of nitrogens with zero attached hydrogens (tertiary/aromatic N) is 2. The van der Waals surface area contributed by atoms with Crippen LogP contribution in [0.2, 0.25) is 0 Å². The second kappa shape index (κ2) is 6.46. The van der Waals surface area contributed by atoms with Crippen LogP contribution < -0.4 is 14.8 Å². The molecule has 0 spiro atoms. The van der Waals surface area contributed by atoms with Crippen molar-refractivity contribution in [1.82, 2.24) is 9.55 Å². The lowest BCUT2D eigenvalue weighted by Gasteiger charge is -2.31. The van der Waals surface area contributed by atoms with Crippen LogP contribution in [0.4, 0.5) is 5.95 Å². The molecular weight excluding hydrogens is 342 g/mol. The van der Waals surface area contributed by atoms with E-state index >= 15 is 0 Å². The van der Waals surface area contributed by atoms with Gasteiger partial charge in [-0.3, -0.25) is 9.36 Å². The zero-order valence-corrected chi connectivity index (χ0v) is 15.7. The summed E-state index contributed by atoms with van der Waals surface area (Å²) in [7, 11) is 3.25. The summed E-state index contributed by atoms with van der Waals surface area (Å²) >= 11 is 0. The number of para-hydroxylation sites is 2. The van der Waals surface area contributed by atoms with Crippen LogP contribution >= 0.6 is 0 Å². The van der Waals surface area contributed by atoms with Gasteiger partial charge in [-0.2, -0.15) is 0 Å². The Morgan fingerprint density at radius 1 is 1.15 bits per heavy atom. The Morgan fingerprint density at radius 3 is 2.63 bits per heavy atom. The van der Waals surface area contributed by atoms with E-state index in [1.54, 1.807) is 21.1 Å². The summed E-state index contributed by atoms with van der Waals surface area (Å²) in [5, 5.41) is 3.29. The minimum absolute atomic E-state index is 0.00157. The van der Waals surface area contributed by atoms with Gasteiger partial charge in [0, 0.05) is 16.8 Å². The molecule has 0 fully saturated rings. The predicted octanol–water partition coefficient (Wildman–Crippen LogP) is 3.93. The second-order valence-electron chi connectivity index (χ2n) is 6.52. The average Bonchev–Trinajstić information content (AvgIpc) is 3.03. The molecule has 0 radical (unpaired) electrons. The number of hydrogen-bond acceptors (Lipinski definition) is 5. The molecule has 138 valence electrons. The minimum Gasteiger partial charge on any atom is -0.497 e. The molecule has 27 heavy (non-hydrogen) atoms. The van der Waals surface area contributed by atoms with Crippen LogP contribution in [0.5, 0.6) is 11.5 Å². The Kier molecular flexibility index (Phi) is 4.11. The number of Topliss-reactive ketones (excluding diaryl/α,β-unsaturated/α-hetero) is 1. The number of carbonyl (C=O) groups is 1. The maximum Gasteiger partial charge on any atom is 0.209 e. The standard InChI is InChI=1S/C21H21N3O3/c1-12-19(13(2)25)20(15-11-14(26-3)9-10-18(15)27-4)24-17-8-6-5-7-16(17)23-21(24)22-12/h5-11,20H,1-4H3,(H,22,23)/t20-/m0/s1. The largest absolute Gasteiger partial charge is 0.497 e. The molecule has 0 bridgehead atoms. The fourth-order valence-corrected chi connectivity index (χ4v) is 3.77. The summed E-state index contributed by atoms with van der Waals surface area (Å²) in [4.78, 5) is 17.3. The van der Waals surface area contributed by atoms with Gasteiger partial charge in [-0.1, -0.05) is 12.1 Å². The van der Waals surface area contributed by atoms with Gasteiger partial charge in [0.05, 0.1) is 31.3 Å². The summed E-state index contributed by atoms with van der Waals surface area (Å²) < 4.78 is 13.1. The Labute approximate surface area is 157 Å². The van der Waals surface area contributed by atoms with Gasteiger partial charge in [-0.25, -0.2) is 4.98 Å². The highest BCUT2D eigenvalue weighted by Gasteiger charge is 2.34. The van der Waals surface area contributed by atoms with Crippen molar-refractivity contribution in [1.29, 1.82) is 0 Å². The zero-order valence-electron chi connectivity index (χ0n) is 15.7. The van der Waals surface area contributed by atoms with Crippen LogP contribution in [0.1, 0.15) is 25.5 Å². The number of carbonyl (C=O) groups excluding carboxylic acids is 1. The van der Waals surface area contributed by atoms with Gasteiger partial charge in [-0.15, -0.1) is 0 Å². The number of ether oxygens (including phenoxy) is 2. The average molecular weight is 363 g/mol. The lowest BCUT2D eigenvalue weighted by Crippen LogP contribution is -2.27. The smallest absolute Gasteiger partial charge is 0.209 e. The number of imidazole rings is 1. The number of aromatic nitrogens is 2. The summed E-state index contributed by atoms with van der Waals surface area (Å²) in [6.45, 7) is 3.49. The molecule has 0 aliphatic carbocycles. The minimum atomic E-state index is -0.365. The van der Waals surface area contributed by atoms with E-state index in [-0.39, 0.29) is 11.8 Å². The molecule has 6 nitrogen and oxygen atoms in total. The molecule has 3 aromatic rings. The van der Waals surface area contributed by atoms with E-state index in [0.717, 1.165) is 22.3 Å². The van der Waals surface area contributed by atoms with Gasteiger partial charge < -0.3 is 14.8 Å². The molecule has 0 saturated heterocycles. The highest BCUT2D eigenvalue weighted by molar-refractivity contribution is 5.98. The third kappa shape index (κ3) is 2.65. The van der Waals surface area contributed by atoms with E-state index in [1.165, 1.54) is 0 Å². The number of ketones is 1. The van der Waals surface area contributed by atoms with E-state index in [9.17, 15) is 4.79 Å². The summed E-state index contributed by atoms with van der Waals surface area (Å²) in [5.74, 6) is 2.10. The Balaban J connectivity index is 2.07. The van der Waals surface area contributed by atoms with Crippen LogP contribution in [0.25, 0.3) is 11.0 Å². The fourth-order valence-electron chi connectivity index (χ4n) is 3.77. The molecule has 4 rings (SSSR count). The molecule has 2 aromatic carbocycles. The number of allylic oxidation sites excluding steroid dienone is 2. The van der Waals surface area contributed by atoms with Crippen molar-refractivity contribution < 1.29 is 14.3 Å². The molecule has 0 unspecified atom stereocenters. The van der Waals surface area contributed by atoms with E-state index in [2.05, 4.69) is 9.88 Å². The van der Waals surface area contributed by atoms with Crippen LogP contribution in [-0.2, 0) is 4.79 Å². The van der Waals surface area contributed by atoms with Gasteiger partial charge in [0.2, 0.25) is 5.95 Å². The van der Waals surface area contributed by atoms with E-state index in [4.69, 9.17) is 14.5 Å². The van der Waals surface area contributed by atoms with Crippen molar-refractivity contribution >= 4 is 22.8 Å². The van der Waals surface area contributed by atoms with E-state index < -0.39 is 0 Å². The molecule has 0 amide bonds. The third-order valence-corrected chi connectivity index (χ3v) is 4.94. The number of hydrogen-bond donors (Lipinski definition) is 1. The number of fused-ring (bicyclic) bond motifs is 3. The lowest BCUT2D eigenvalue weighted by molar-refractivity contribution is -0.114. The molecule has 1 aliphatic heterocycles. The van der Waals surface area contributed by atoms with Gasteiger partial charge in [0.1, 0.15) is 11.5 Å². The maximum atomic E-state index is 12.6. The van der Waals surface area contributed by atoms with Crippen molar-refractivity contribution in [2.24, 2.45) is 0 Å². The molecule has 1 aliphatic rings. The van der Waals surface area contributed by atoms with Crippen LogP contribution in [0.3, 0.4) is 0 Å². The molecular formula is C21H21N3O3. The Hall–Kier alpha value is -3.28. The highest BCUT2D eigenvalue weighted by atomic mass is 16.5. The van der Waals surface area contributed by atoms with Gasteiger partial charge >= 0.3 is 0 Å². The first-order valence-electron chi connectivity index (χ1n) is 8.72. The highest BCUT2D eigenvalue weighted by Crippen LogP contribution is 2.43. The third-order valence-electron chi connectivity index (χ3n) is 4.94. The first kappa shape index (κ1) is 17.1. The lowest BCUT2D eigenvalue weighted by atomic mass is 9.91. The number of nitrogens with one attached hydrogen (secondary N) is 1. The number of rotatable bonds is 4. The van der Waals surface area contributed by atoms with E-state index in [0.29, 0.717) is 23.0 Å². The monoisotopic (exact) mass is 363 g/mol. The molecule has 6 heteroatoms. The van der Waals surface area contributed by atoms with Crippen molar-refractivity contribution in [2.75, 3.05) is 19.5 Å². The van der Waals surface area contributed by atoms with Crippen molar-refractivity contribution in [3.63, 3.8) is 0 Å². The van der Waals surface area contributed by atoms with Crippen molar-refractivity contribution in [3.05, 3.63) is 59.3 Å². The van der Waals surface area contributed by atoms with Gasteiger partial charge in [0.15, 0.2) is 5.78 Å². The van der Waals surface area contributed by atoms with Crippen LogP contribution in [0, 0.1) is 0 Å². The fraction of sp³-hybridized carbons (Fsp3) is 0.238. The molecule has 0 saturated carbocycles. The SMILES string of the molecule is COc1ccc(OC)c([C@H]2C(C(C)=O)=C(C)Nc3nc4ccccc4n32)c1. The molecule has 1 N–H and O–H groups in total. The zero-order chi connectivity index (χ0) is 19.1. The van der Waals surface area contributed by atoms with Gasteiger partial charge in [0.25, 0.3) is 0 Å². The first-order chi connectivity index (χ1) is 13.0. The number of methoxy groups -OCH3 is 2. The quantitative estimate of drug-likeness (QED) is 0.761. The van der Waals surface area contributed by atoms with Crippen LogP contribution in [0.15, 0.2) is 53.7 Å². The number of benzene rings is 2. The van der Waals surface area contributed by atoms with Crippen molar-refractivity contribution in [2.45, 2.75) is 19.9 Å². The molecule has 2 heterocycles. The number of anilines is 1.